The zero-order chi connectivity index (χ0) is 8.69. The second-order valence-electron chi connectivity index (χ2n) is 1.90. The second-order valence-corrected chi connectivity index (χ2v) is 2.28. The molecule has 0 unspecified atom stereocenters. The van der Waals surface area contributed by atoms with Crippen LogP contribution in [-0.4, -0.2) is 30.2 Å². The molecule has 11 heavy (non-hydrogen) atoms. The number of ether oxygens (including phenoxy) is 1. The lowest BCUT2D eigenvalue weighted by atomic mass is 10.2. The van der Waals surface area contributed by atoms with E-state index in [0.717, 1.165) is 0 Å². The van der Waals surface area contributed by atoms with Gasteiger partial charge in [-0.2, -0.15) is 0 Å². The van der Waals surface area contributed by atoms with Gasteiger partial charge in [0.25, 0.3) is 0 Å². The maximum Gasteiger partial charge on any atom is 0.333 e. The molecule has 0 aliphatic rings. The first-order valence-electron chi connectivity index (χ1n) is 3.24. The van der Waals surface area contributed by atoms with Crippen LogP contribution < -0.4 is 0 Å². The lowest BCUT2D eigenvalue weighted by molar-refractivity contribution is -0.140. The van der Waals surface area contributed by atoms with Gasteiger partial charge >= 0.3 is 5.97 Å². The number of halogens is 1. The summed E-state index contributed by atoms with van der Waals surface area (Å²) in [5.41, 5.74) is 0.341. The lowest BCUT2D eigenvalue weighted by Crippen LogP contribution is -2.10. The van der Waals surface area contributed by atoms with Gasteiger partial charge in [0.1, 0.15) is 6.61 Å². The van der Waals surface area contributed by atoms with Crippen LogP contribution in [0.4, 0.5) is 0 Å². The average Bonchev–Trinajstić information content (AvgIpc) is 2.00. The van der Waals surface area contributed by atoms with E-state index < -0.39 is 5.97 Å². The van der Waals surface area contributed by atoms with Crippen molar-refractivity contribution in [2.24, 2.45) is 0 Å². The van der Waals surface area contributed by atoms with Crippen molar-refractivity contribution in [1.82, 2.24) is 0 Å². The Morgan fingerprint density at radius 2 is 2.27 bits per heavy atom. The third kappa shape index (κ3) is 4.81. The zero-order valence-corrected chi connectivity index (χ0v) is 6.93. The maximum absolute atomic E-state index is 10.8. The molecule has 4 heteroatoms. The number of carbonyl (C=O) groups is 1. The normalized spacial score (nSPS) is 9.27. The number of esters is 1. The molecule has 0 aromatic heterocycles. The first kappa shape index (κ1) is 10.5. The molecule has 0 saturated heterocycles. The number of rotatable bonds is 5. The van der Waals surface area contributed by atoms with E-state index in [-0.39, 0.29) is 13.2 Å². The van der Waals surface area contributed by atoms with E-state index in [1.54, 1.807) is 0 Å². The number of hydrogen-bond acceptors (Lipinski definition) is 3. The van der Waals surface area contributed by atoms with Crippen molar-refractivity contribution in [3.8, 4) is 0 Å². The minimum atomic E-state index is -0.486. The van der Waals surface area contributed by atoms with E-state index in [4.69, 9.17) is 16.7 Å². The van der Waals surface area contributed by atoms with Gasteiger partial charge in [-0.1, -0.05) is 6.58 Å². The smallest absolute Gasteiger partial charge is 0.333 e. The maximum atomic E-state index is 10.8. The predicted octanol–water partition coefficient (Wildman–Crippen LogP) is 0.707. The molecule has 0 bridgehead atoms. The largest absolute Gasteiger partial charge is 0.460 e. The van der Waals surface area contributed by atoms with E-state index in [0.29, 0.717) is 17.9 Å². The van der Waals surface area contributed by atoms with Crippen molar-refractivity contribution in [1.29, 1.82) is 0 Å². The fourth-order valence-corrected chi connectivity index (χ4v) is 0.685. The van der Waals surface area contributed by atoms with E-state index in [2.05, 4.69) is 11.3 Å². The highest BCUT2D eigenvalue weighted by Gasteiger charge is 2.06. The van der Waals surface area contributed by atoms with Crippen molar-refractivity contribution in [2.45, 2.75) is 6.42 Å². The van der Waals surface area contributed by atoms with Gasteiger partial charge in [-0.15, -0.1) is 11.6 Å². The van der Waals surface area contributed by atoms with Crippen LogP contribution in [0.2, 0.25) is 0 Å². The van der Waals surface area contributed by atoms with E-state index in [1.807, 2.05) is 0 Å². The number of hydrogen-bond donors (Lipinski definition) is 1. The number of aliphatic hydroxyl groups excluding tert-OH is 1. The van der Waals surface area contributed by atoms with Gasteiger partial charge in [0.2, 0.25) is 0 Å². The van der Waals surface area contributed by atoms with E-state index in [9.17, 15) is 4.79 Å². The third-order valence-corrected chi connectivity index (χ3v) is 1.20. The van der Waals surface area contributed by atoms with Gasteiger partial charge < -0.3 is 9.84 Å². The molecule has 3 nitrogen and oxygen atoms in total. The zero-order valence-electron chi connectivity index (χ0n) is 6.18. The van der Waals surface area contributed by atoms with Crippen LogP contribution in [0.25, 0.3) is 0 Å². The quantitative estimate of drug-likeness (QED) is 0.383. The molecule has 0 rings (SSSR count). The Balaban J connectivity index is 3.56. The summed E-state index contributed by atoms with van der Waals surface area (Å²) in [7, 11) is 0. The number of alkyl halides is 1. The van der Waals surface area contributed by atoms with E-state index >= 15 is 0 Å². The molecule has 0 saturated carbocycles. The summed E-state index contributed by atoms with van der Waals surface area (Å²) >= 11 is 5.36. The Hall–Kier alpha value is -0.540. The Bertz CT molecular complexity index is 145. The molecule has 0 heterocycles. The molecule has 0 atom stereocenters. The van der Waals surface area contributed by atoms with Crippen molar-refractivity contribution in [3.63, 3.8) is 0 Å². The third-order valence-electron chi connectivity index (χ3n) is 1.01. The first-order chi connectivity index (χ1) is 5.22. The topological polar surface area (TPSA) is 46.5 Å². The molecule has 0 aromatic rings. The van der Waals surface area contributed by atoms with Crippen LogP contribution in [0.5, 0.6) is 0 Å². The fraction of sp³-hybridized carbons (Fsp3) is 0.571. The van der Waals surface area contributed by atoms with E-state index in [1.165, 1.54) is 0 Å². The molecule has 0 amide bonds. The molecule has 64 valence electrons. The highest BCUT2D eigenvalue weighted by atomic mass is 35.5. The second kappa shape index (κ2) is 6.19. The van der Waals surface area contributed by atoms with Gasteiger partial charge in [0, 0.05) is 11.5 Å². The summed E-state index contributed by atoms with van der Waals surface area (Å²) in [4.78, 5) is 10.8. The Morgan fingerprint density at radius 1 is 1.64 bits per heavy atom. The van der Waals surface area contributed by atoms with Crippen molar-refractivity contribution in [2.75, 3.05) is 19.1 Å². The molecule has 1 N–H and O–H groups in total. The number of carbonyl (C=O) groups excluding carboxylic acids is 1. The monoisotopic (exact) mass is 178 g/mol. The van der Waals surface area contributed by atoms with Gasteiger partial charge in [0.15, 0.2) is 0 Å². The Morgan fingerprint density at radius 3 is 2.73 bits per heavy atom. The van der Waals surface area contributed by atoms with Crippen LogP contribution in [0.15, 0.2) is 12.2 Å². The minimum absolute atomic E-state index is 0.0140. The van der Waals surface area contributed by atoms with Crippen molar-refractivity contribution < 1.29 is 14.6 Å². The number of aliphatic hydroxyl groups is 1. The fourth-order valence-electron chi connectivity index (χ4n) is 0.457. The van der Waals surface area contributed by atoms with Crippen molar-refractivity contribution in [3.05, 3.63) is 12.2 Å². The molecule has 0 aliphatic carbocycles. The molecule has 0 fully saturated rings. The standard InChI is InChI=1S/C7H11ClO3/c1-6(2-3-8)7(10)11-5-4-9/h9H,1-5H2. The first-order valence-corrected chi connectivity index (χ1v) is 3.77. The summed E-state index contributed by atoms with van der Waals surface area (Å²) in [6.45, 7) is 3.30. The molecular formula is C7H11ClO3. The lowest BCUT2D eigenvalue weighted by Gasteiger charge is -2.02. The van der Waals surface area contributed by atoms with Gasteiger partial charge in [0.05, 0.1) is 6.61 Å². The van der Waals surface area contributed by atoms with Crippen molar-refractivity contribution >= 4 is 17.6 Å². The van der Waals surface area contributed by atoms with Gasteiger partial charge in [-0.25, -0.2) is 4.79 Å². The minimum Gasteiger partial charge on any atom is -0.460 e. The summed E-state index contributed by atoms with van der Waals surface area (Å²) in [6.07, 6.45) is 0.422. The average molecular weight is 179 g/mol. The van der Waals surface area contributed by atoms with Crippen LogP contribution in [0.3, 0.4) is 0 Å². The molecule has 0 aliphatic heterocycles. The van der Waals surface area contributed by atoms with Crippen LogP contribution >= 0.6 is 11.6 Å². The molecular weight excluding hydrogens is 168 g/mol. The highest BCUT2D eigenvalue weighted by molar-refractivity contribution is 6.18. The van der Waals surface area contributed by atoms with Crippen LogP contribution in [0.1, 0.15) is 6.42 Å². The summed E-state index contributed by atoms with van der Waals surface area (Å²) < 4.78 is 4.56. The molecule has 0 aromatic carbocycles. The predicted molar refractivity (Wildman–Crippen MR) is 42.5 cm³/mol. The van der Waals surface area contributed by atoms with Crippen LogP contribution in [-0.2, 0) is 9.53 Å². The summed E-state index contributed by atoms with van der Waals surface area (Å²) in [6, 6.07) is 0. The van der Waals surface area contributed by atoms with Gasteiger partial charge in [-0.3, -0.25) is 0 Å². The van der Waals surface area contributed by atoms with Gasteiger partial charge in [-0.05, 0) is 6.42 Å². The molecule has 0 spiro atoms. The summed E-state index contributed by atoms with van der Waals surface area (Å²) in [5.74, 6) is -0.132. The Labute approximate surface area is 70.6 Å². The Kier molecular flexibility index (Phi) is 5.88. The SMILES string of the molecule is C=C(CCCl)C(=O)OCCO. The summed E-state index contributed by atoms with van der Waals surface area (Å²) in [5, 5.41) is 8.29. The molecule has 0 radical (unpaired) electrons. The van der Waals surface area contributed by atoms with Crippen LogP contribution in [0, 0.1) is 0 Å². The highest BCUT2D eigenvalue weighted by Crippen LogP contribution is 2.01.